The molecule has 2 heterocycles. The van der Waals surface area contributed by atoms with Gasteiger partial charge < -0.3 is 50.7 Å². The number of H-pyrrole nitrogens is 1. The first-order valence-corrected chi connectivity index (χ1v) is 14.4. The van der Waals surface area contributed by atoms with Crippen molar-refractivity contribution < 1.29 is 49.7 Å². The van der Waals surface area contributed by atoms with Crippen LogP contribution in [0.15, 0.2) is 24.3 Å². The number of hydrogen-bond donors (Lipinski definition) is 9. The largest absolute Gasteiger partial charge is 0.443 e. The van der Waals surface area contributed by atoms with Gasteiger partial charge in [-0.05, 0) is 36.8 Å². The molecule has 6 atom stereocenters. The molecule has 1 aromatic heterocycles. The summed E-state index contributed by atoms with van der Waals surface area (Å²) in [6, 6.07) is 6.24. The van der Waals surface area contributed by atoms with Gasteiger partial charge in [0.1, 0.15) is 30.5 Å². The van der Waals surface area contributed by atoms with E-state index in [-0.39, 0.29) is 24.1 Å². The number of aromatic nitrogens is 2. The molecule has 2 amide bonds. The van der Waals surface area contributed by atoms with Crippen LogP contribution in [0.1, 0.15) is 61.9 Å². The molecule has 43 heavy (non-hydrogen) atoms. The Hall–Kier alpha value is -3.11. The molecule has 240 valence electrons. The fourth-order valence-electron chi connectivity index (χ4n) is 4.72. The summed E-state index contributed by atoms with van der Waals surface area (Å²) in [5.41, 5.74) is 3.53. The molecule has 9 N–H and O–H groups in total. The number of aromatic amines is 1. The quantitative estimate of drug-likeness (QED) is 0.114. The Labute approximate surface area is 250 Å². The summed E-state index contributed by atoms with van der Waals surface area (Å²) in [6.45, 7) is 4.13. The summed E-state index contributed by atoms with van der Waals surface area (Å²) in [5, 5.41) is 70.5. The predicted molar refractivity (Wildman–Crippen MR) is 153 cm³/mol. The second-order valence-corrected chi connectivity index (χ2v) is 11.1. The lowest BCUT2D eigenvalue weighted by molar-refractivity contribution is -0.278. The number of aliphatic hydroxyl groups is 6. The average Bonchev–Trinajstić information content (AvgIpc) is 3.38. The Bertz CT molecular complexity index is 1170. The van der Waals surface area contributed by atoms with E-state index in [4.69, 9.17) is 19.7 Å². The first-order valence-electron chi connectivity index (χ1n) is 14.4. The molecule has 1 aliphatic rings. The summed E-state index contributed by atoms with van der Waals surface area (Å²) < 4.78 is 11.3. The zero-order chi connectivity index (χ0) is 31.7. The number of aryl methyl sites for hydroxylation is 1. The van der Waals surface area contributed by atoms with Gasteiger partial charge in [0.2, 0.25) is 24.0 Å². The van der Waals surface area contributed by atoms with Crippen molar-refractivity contribution in [3.05, 3.63) is 46.6 Å². The lowest BCUT2D eigenvalue weighted by Gasteiger charge is -2.39. The number of nitrogens with zero attached hydrogens (tertiary/aromatic N) is 1. The minimum atomic E-state index is -1.57. The number of carbonyl (C=O) groups is 2. The third-order valence-corrected chi connectivity index (χ3v) is 7.35. The van der Waals surface area contributed by atoms with Crippen molar-refractivity contribution in [2.75, 3.05) is 19.8 Å². The molecule has 0 spiro atoms. The standard InChI is InChI=1S/C29H44N4O10/c1-15(2)23-20(28(33-32-23)43-29-26(40)25(39)24(38)21(14-36)42-29)11-18-9-7-17(8-10-18)5-4-6-22(37)30-16(3)27(41)31-19(12-34)13-35/h7-10,15-16,19,21,24-26,29,34-36,38-40H,4-6,11-14H2,1-3H3,(H,30,37)(H,31,41)(H,32,33)/t16-,21+,24+,25-,26+,29-/m0/s1. The van der Waals surface area contributed by atoms with Gasteiger partial charge in [-0.15, -0.1) is 5.10 Å². The van der Waals surface area contributed by atoms with Gasteiger partial charge >= 0.3 is 0 Å². The Morgan fingerprint density at radius 2 is 1.63 bits per heavy atom. The van der Waals surface area contributed by atoms with E-state index in [0.717, 1.165) is 22.4 Å². The fraction of sp³-hybridized carbons (Fsp3) is 0.621. The number of aliphatic hydroxyl groups excluding tert-OH is 6. The van der Waals surface area contributed by atoms with Crippen molar-refractivity contribution in [3.63, 3.8) is 0 Å². The SMILES string of the molecule is CC(C)c1[nH]nc(O[C@@H]2O[C@H](CO)[C@@H](O)[C@H](O)[C@H]2O)c1Cc1ccc(CCCC(=O)N[C@@H](C)C(=O)NC(CO)CO)cc1. The Morgan fingerprint density at radius 3 is 2.23 bits per heavy atom. The van der Waals surface area contributed by atoms with E-state index in [9.17, 15) is 30.0 Å². The third-order valence-electron chi connectivity index (χ3n) is 7.35. The summed E-state index contributed by atoms with van der Waals surface area (Å²) in [6.07, 6.45) is -5.23. The summed E-state index contributed by atoms with van der Waals surface area (Å²) in [5.74, 6) is -0.525. The van der Waals surface area contributed by atoms with Gasteiger partial charge in [0.25, 0.3) is 0 Å². The molecule has 1 aliphatic heterocycles. The first kappa shape index (κ1) is 34.4. The molecule has 0 saturated carbocycles. The van der Waals surface area contributed by atoms with Gasteiger partial charge in [-0.25, -0.2) is 0 Å². The summed E-state index contributed by atoms with van der Waals surface area (Å²) in [7, 11) is 0. The molecular weight excluding hydrogens is 564 g/mol. The number of hydrogen-bond acceptors (Lipinski definition) is 11. The van der Waals surface area contributed by atoms with Crippen molar-refractivity contribution in [2.45, 2.75) is 95.2 Å². The lowest BCUT2D eigenvalue weighted by Crippen LogP contribution is -2.60. The molecule has 14 heteroatoms. The van der Waals surface area contributed by atoms with E-state index in [0.29, 0.717) is 19.3 Å². The number of amides is 2. The van der Waals surface area contributed by atoms with Crippen LogP contribution in [0.2, 0.25) is 0 Å². The highest BCUT2D eigenvalue weighted by Gasteiger charge is 2.45. The van der Waals surface area contributed by atoms with Crippen LogP contribution in [0, 0.1) is 0 Å². The Morgan fingerprint density at radius 1 is 0.977 bits per heavy atom. The van der Waals surface area contributed by atoms with Gasteiger partial charge in [0, 0.05) is 24.1 Å². The maximum absolute atomic E-state index is 12.3. The van der Waals surface area contributed by atoms with Crippen molar-refractivity contribution >= 4 is 11.8 Å². The zero-order valence-corrected chi connectivity index (χ0v) is 24.6. The summed E-state index contributed by atoms with van der Waals surface area (Å²) >= 11 is 0. The highest BCUT2D eigenvalue weighted by Crippen LogP contribution is 2.31. The number of carbonyl (C=O) groups excluding carboxylic acids is 2. The molecule has 0 unspecified atom stereocenters. The molecule has 14 nitrogen and oxygen atoms in total. The van der Waals surface area contributed by atoms with Crippen LogP contribution < -0.4 is 15.4 Å². The van der Waals surface area contributed by atoms with E-state index >= 15 is 0 Å². The van der Waals surface area contributed by atoms with Crippen LogP contribution in [0.25, 0.3) is 0 Å². The fourth-order valence-corrected chi connectivity index (χ4v) is 4.72. The highest BCUT2D eigenvalue weighted by atomic mass is 16.7. The number of benzene rings is 1. The molecular formula is C29H44N4O10. The smallest absolute Gasteiger partial charge is 0.242 e. The van der Waals surface area contributed by atoms with E-state index in [1.54, 1.807) is 0 Å². The monoisotopic (exact) mass is 608 g/mol. The minimum absolute atomic E-state index is 0.0691. The van der Waals surface area contributed by atoms with E-state index in [1.807, 2.05) is 38.1 Å². The molecule has 2 aromatic rings. The number of ether oxygens (including phenoxy) is 2. The van der Waals surface area contributed by atoms with Gasteiger partial charge in [-0.3, -0.25) is 14.7 Å². The number of rotatable bonds is 15. The minimum Gasteiger partial charge on any atom is -0.443 e. The van der Waals surface area contributed by atoms with Crippen LogP contribution in [0.5, 0.6) is 5.88 Å². The Kier molecular flexibility index (Phi) is 12.9. The average molecular weight is 609 g/mol. The van der Waals surface area contributed by atoms with Crippen molar-refractivity contribution in [1.29, 1.82) is 0 Å². The highest BCUT2D eigenvalue weighted by molar-refractivity contribution is 5.87. The third kappa shape index (κ3) is 9.19. The van der Waals surface area contributed by atoms with Crippen molar-refractivity contribution in [1.82, 2.24) is 20.8 Å². The molecule has 0 aliphatic carbocycles. The van der Waals surface area contributed by atoms with Crippen LogP contribution in [-0.2, 0) is 27.2 Å². The van der Waals surface area contributed by atoms with E-state index < -0.39 is 68.5 Å². The lowest BCUT2D eigenvalue weighted by atomic mass is 9.97. The topological polar surface area (TPSA) is 227 Å². The van der Waals surface area contributed by atoms with Gasteiger partial charge in [-0.1, -0.05) is 38.1 Å². The van der Waals surface area contributed by atoms with Gasteiger partial charge in [-0.2, -0.15) is 0 Å². The maximum Gasteiger partial charge on any atom is 0.242 e. The molecule has 1 aromatic carbocycles. The number of nitrogens with one attached hydrogen (secondary N) is 3. The second-order valence-electron chi connectivity index (χ2n) is 11.1. The van der Waals surface area contributed by atoms with Crippen molar-refractivity contribution in [2.24, 2.45) is 0 Å². The molecule has 3 rings (SSSR count). The molecule has 1 saturated heterocycles. The van der Waals surface area contributed by atoms with E-state index in [1.165, 1.54) is 6.92 Å². The molecule has 1 fully saturated rings. The summed E-state index contributed by atoms with van der Waals surface area (Å²) in [4.78, 5) is 24.4. The van der Waals surface area contributed by atoms with Gasteiger partial charge in [0.15, 0.2) is 0 Å². The van der Waals surface area contributed by atoms with Crippen LogP contribution in [0.4, 0.5) is 0 Å². The zero-order valence-electron chi connectivity index (χ0n) is 24.6. The predicted octanol–water partition coefficient (Wildman–Crippen LogP) is -1.40. The Balaban J connectivity index is 1.57. The first-order chi connectivity index (χ1) is 20.5. The maximum atomic E-state index is 12.3. The van der Waals surface area contributed by atoms with Gasteiger partial charge in [0.05, 0.1) is 25.9 Å². The molecule has 0 bridgehead atoms. The molecule has 0 radical (unpaired) electrons. The van der Waals surface area contributed by atoms with Crippen molar-refractivity contribution in [3.8, 4) is 5.88 Å². The van der Waals surface area contributed by atoms with Crippen LogP contribution in [0.3, 0.4) is 0 Å². The second kappa shape index (κ2) is 16.1. The normalized spacial score (nSPS) is 22.9. The van der Waals surface area contributed by atoms with Crippen LogP contribution >= 0.6 is 0 Å². The van der Waals surface area contributed by atoms with E-state index in [2.05, 4.69) is 20.8 Å². The van der Waals surface area contributed by atoms with Crippen LogP contribution in [-0.4, -0.2) is 115 Å².